The number of nitrogens with zero attached hydrogens (tertiary/aromatic N) is 3. The first-order chi connectivity index (χ1) is 16.7. The number of nitriles is 1. The van der Waals surface area contributed by atoms with Crippen LogP contribution in [-0.4, -0.2) is 59.8 Å². The lowest BCUT2D eigenvalue weighted by atomic mass is 9.77. The average molecular weight is 492 g/mol. The van der Waals surface area contributed by atoms with E-state index in [0.29, 0.717) is 27.6 Å². The van der Waals surface area contributed by atoms with Crippen molar-refractivity contribution >= 4 is 51.4 Å². The quantitative estimate of drug-likeness (QED) is 0.303. The molecule has 3 N–H and O–H groups in total. The number of anilines is 1. The van der Waals surface area contributed by atoms with Gasteiger partial charge in [0.15, 0.2) is 7.98 Å². The Morgan fingerprint density at radius 2 is 2.00 bits per heavy atom. The van der Waals surface area contributed by atoms with Gasteiger partial charge in [-0.25, -0.2) is 9.59 Å². The molecule has 4 rings (SSSR count). The van der Waals surface area contributed by atoms with Crippen molar-refractivity contribution in [2.45, 2.75) is 26.0 Å². The summed E-state index contributed by atoms with van der Waals surface area (Å²) >= 11 is 0. The van der Waals surface area contributed by atoms with Crippen LogP contribution in [0.3, 0.4) is 0 Å². The molecule has 35 heavy (non-hydrogen) atoms. The largest absolute Gasteiger partial charge is 0.465 e. The van der Waals surface area contributed by atoms with Crippen LogP contribution in [0.1, 0.15) is 19.4 Å². The molecular weight excluding hydrogens is 470 g/mol. The molecule has 0 aromatic heterocycles. The van der Waals surface area contributed by atoms with Crippen LogP contribution in [0.4, 0.5) is 10.5 Å². The number of hydrogen-bond donors (Lipinski definition) is 3. The number of aliphatic hydroxyl groups excluding tert-OH is 1. The number of amides is 2. The molecule has 1 unspecified atom stereocenters. The number of fused-ring (bicyclic) bond motifs is 2. The molecule has 1 fully saturated rings. The van der Waals surface area contributed by atoms with Gasteiger partial charge < -0.3 is 24.6 Å². The molecule has 0 aliphatic carbocycles. The SMILES string of the molecule is [B]NPOC(=O)C1=C(CN(C(=O)O)c2ccc(C#N)c3ccccc23)[C@H](C)[C@@H]2[C@@H]([C@@H](C)O)C(=O)N12. The van der Waals surface area contributed by atoms with Crippen LogP contribution in [0.25, 0.3) is 10.8 Å². The molecule has 0 bridgehead atoms. The highest BCUT2D eigenvalue weighted by Gasteiger charge is 2.60. The summed E-state index contributed by atoms with van der Waals surface area (Å²) in [6.07, 6.45) is -2.21. The Hall–Kier alpha value is -3.45. The number of aliphatic hydroxyl groups is 1. The minimum absolute atomic E-state index is 0.0312. The predicted molar refractivity (Wildman–Crippen MR) is 129 cm³/mol. The van der Waals surface area contributed by atoms with Gasteiger partial charge >= 0.3 is 12.1 Å². The zero-order valence-corrected chi connectivity index (χ0v) is 19.9. The molecule has 2 aromatic carbocycles. The maximum atomic E-state index is 12.9. The summed E-state index contributed by atoms with van der Waals surface area (Å²) in [5.41, 5.74) is 1.10. The number of carbonyl (C=O) groups is 3. The summed E-state index contributed by atoms with van der Waals surface area (Å²) in [6.45, 7) is 3.08. The van der Waals surface area contributed by atoms with E-state index in [1.807, 2.05) is 0 Å². The Morgan fingerprint density at radius 1 is 1.31 bits per heavy atom. The van der Waals surface area contributed by atoms with E-state index in [0.717, 1.165) is 4.90 Å². The standard InChI is InChI=1S/C23H22BN4O6P/c1-11-16(20(22(31)34-35-26-24)28-19(11)18(12(2)29)21(28)30)10-27(23(32)33)17-8-7-13(9-25)14-5-3-4-6-15(14)17/h3-8,11-12,18-19,26,29,35H,10H2,1-2H3,(H,32,33)/t11-,12+,18+,19+/m0/s1. The van der Waals surface area contributed by atoms with Crippen molar-refractivity contribution in [2.75, 3.05) is 11.4 Å². The third-order valence-corrected chi connectivity index (χ3v) is 6.99. The molecule has 12 heteroatoms. The molecule has 10 nitrogen and oxygen atoms in total. The molecule has 2 aliphatic rings. The molecule has 0 spiro atoms. The zero-order chi connectivity index (χ0) is 25.4. The van der Waals surface area contributed by atoms with E-state index in [1.165, 1.54) is 11.8 Å². The van der Waals surface area contributed by atoms with Gasteiger partial charge in [-0.15, -0.1) is 0 Å². The Bertz CT molecular complexity index is 1290. The number of β-lactam (4-membered cyclic amide) rings is 1. The number of hydrogen-bond acceptors (Lipinski definition) is 7. The van der Waals surface area contributed by atoms with Crippen molar-refractivity contribution < 1.29 is 29.1 Å². The van der Waals surface area contributed by atoms with Crippen LogP contribution in [0.2, 0.25) is 0 Å². The summed E-state index contributed by atoms with van der Waals surface area (Å²) in [5, 5.41) is 30.9. The third kappa shape index (κ3) is 4.04. The van der Waals surface area contributed by atoms with Crippen molar-refractivity contribution in [3.8, 4) is 6.07 Å². The molecule has 2 aromatic rings. The Labute approximate surface area is 204 Å². The minimum atomic E-state index is -1.27. The van der Waals surface area contributed by atoms with Crippen LogP contribution in [0, 0.1) is 23.2 Å². The number of carboxylic acid groups (broad SMARTS) is 1. The van der Waals surface area contributed by atoms with Gasteiger partial charge in [-0.2, -0.15) is 5.26 Å². The maximum Gasteiger partial charge on any atom is 0.412 e. The minimum Gasteiger partial charge on any atom is -0.465 e. The van der Waals surface area contributed by atoms with Gasteiger partial charge in [-0.1, -0.05) is 31.2 Å². The van der Waals surface area contributed by atoms with Gasteiger partial charge in [0.1, 0.15) is 14.7 Å². The second-order valence-electron chi connectivity index (χ2n) is 8.42. The van der Waals surface area contributed by atoms with Crippen LogP contribution in [0.15, 0.2) is 47.7 Å². The first kappa shape index (κ1) is 24.7. The molecule has 178 valence electrons. The average Bonchev–Trinajstić information content (AvgIpc) is 3.07. The summed E-state index contributed by atoms with van der Waals surface area (Å²) < 4.78 is 5.14. The van der Waals surface area contributed by atoms with Gasteiger partial charge in [-0.05, 0) is 24.6 Å². The predicted octanol–water partition coefficient (Wildman–Crippen LogP) is 2.03. The number of rotatable bonds is 7. The summed E-state index contributed by atoms with van der Waals surface area (Å²) in [5.74, 6) is -2.36. The summed E-state index contributed by atoms with van der Waals surface area (Å²) in [7, 11) is 4.66. The van der Waals surface area contributed by atoms with Gasteiger partial charge in [0, 0.05) is 16.7 Å². The Morgan fingerprint density at radius 3 is 2.60 bits per heavy atom. The fraction of sp³-hybridized carbons (Fsp3) is 0.304. The van der Waals surface area contributed by atoms with E-state index < -0.39 is 50.9 Å². The number of benzene rings is 2. The first-order valence-corrected chi connectivity index (χ1v) is 11.7. The van der Waals surface area contributed by atoms with Gasteiger partial charge in [0.05, 0.1) is 41.9 Å². The smallest absolute Gasteiger partial charge is 0.412 e. The fourth-order valence-electron chi connectivity index (χ4n) is 5.01. The second kappa shape index (κ2) is 9.66. The van der Waals surface area contributed by atoms with Crippen LogP contribution in [0.5, 0.6) is 0 Å². The van der Waals surface area contributed by atoms with Crippen LogP contribution >= 0.6 is 8.96 Å². The van der Waals surface area contributed by atoms with E-state index in [1.54, 1.807) is 43.3 Å². The Kier molecular flexibility index (Phi) is 6.81. The second-order valence-corrected chi connectivity index (χ2v) is 9.12. The summed E-state index contributed by atoms with van der Waals surface area (Å²) in [4.78, 5) is 42.8. The molecular formula is C23H22BN4O6P. The lowest BCUT2D eigenvalue weighted by Crippen LogP contribution is -2.63. The van der Waals surface area contributed by atoms with Crippen molar-refractivity contribution in [1.82, 2.24) is 9.90 Å². The lowest BCUT2D eigenvalue weighted by molar-refractivity contribution is -0.162. The normalized spacial score (nSPS) is 22.2. The highest BCUT2D eigenvalue weighted by molar-refractivity contribution is 7.32. The monoisotopic (exact) mass is 492 g/mol. The first-order valence-electron chi connectivity index (χ1n) is 10.8. The molecule has 2 radical (unpaired) electrons. The van der Waals surface area contributed by atoms with E-state index in [9.17, 15) is 29.9 Å². The van der Waals surface area contributed by atoms with E-state index >= 15 is 0 Å². The maximum absolute atomic E-state index is 12.9. The van der Waals surface area contributed by atoms with Crippen molar-refractivity contribution in [3.63, 3.8) is 0 Å². The van der Waals surface area contributed by atoms with Gasteiger partial charge in [0.2, 0.25) is 5.91 Å². The van der Waals surface area contributed by atoms with Gasteiger partial charge in [-0.3, -0.25) is 9.69 Å². The van der Waals surface area contributed by atoms with E-state index in [-0.39, 0.29) is 12.2 Å². The van der Waals surface area contributed by atoms with Gasteiger partial charge in [0.25, 0.3) is 0 Å². The third-order valence-electron chi connectivity index (χ3n) is 6.58. The zero-order valence-electron chi connectivity index (χ0n) is 18.9. The lowest BCUT2D eigenvalue weighted by Gasteiger charge is -2.46. The Balaban J connectivity index is 1.81. The van der Waals surface area contributed by atoms with Crippen LogP contribution < -0.4 is 9.90 Å². The highest BCUT2D eigenvalue weighted by atomic mass is 31.1. The molecule has 5 atom stereocenters. The highest BCUT2D eigenvalue weighted by Crippen LogP contribution is 2.48. The molecule has 1 saturated heterocycles. The van der Waals surface area contributed by atoms with E-state index in [4.69, 9.17) is 12.5 Å². The molecule has 2 amide bonds. The summed E-state index contributed by atoms with van der Waals surface area (Å²) in [6, 6.07) is 11.7. The van der Waals surface area contributed by atoms with Crippen LogP contribution in [-0.2, 0) is 14.1 Å². The van der Waals surface area contributed by atoms with Crippen molar-refractivity contribution in [2.24, 2.45) is 11.8 Å². The van der Waals surface area contributed by atoms with Crippen molar-refractivity contribution in [1.29, 1.82) is 5.26 Å². The fourth-order valence-corrected chi connectivity index (χ4v) is 5.26. The molecule has 2 aliphatic heterocycles. The van der Waals surface area contributed by atoms with Crippen molar-refractivity contribution in [3.05, 3.63) is 53.2 Å². The number of carbonyl (C=O) groups excluding carboxylic acids is 2. The van der Waals surface area contributed by atoms with E-state index in [2.05, 4.69) is 11.1 Å². The molecule has 0 saturated carbocycles. The molecule has 2 heterocycles. The topological polar surface area (TPSA) is 143 Å². The number of nitrogens with one attached hydrogen (secondary N) is 1.